The van der Waals surface area contributed by atoms with Crippen LogP contribution >= 0.6 is 0 Å². The lowest BCUT2D eigenvalue weighted by Crippen LogP contribution is -2.47. The molecule has 0 aliphatic carbocycles. The van der Waals surface area contributed by atoms with Gasteiger partial charge in [0.15, 0.2) is 15.7 Å². The Hall–Kier alpha value is -1.74. The van der Waals surface area contributed by atoms with Crippen LogP contribution in [0.25, 0.3) is 0 Å². The van der Waals surface area contributed by atoms with E-state index >= 15 is 0 Å². The number of hydrogen-bond acceptors (Lipinski definition) is 7. The van der Waals surface area contributed by atoms with Gasteiger partial charge in [0.1, 0.15) is 10.7 Å². The molecule has 2 saturated heterocycles. The molecule has 1 amide bonds. The van der Waals surface area contributed by atoms with E-state index in [4.69, 9.17) is 4.74 Å². The fraction of sp³-hybridized carbons (Fsp3) is 0.688. The molecule has 0 spiro atoms. The second-order valence-corrected chi connectivity index (χ2v) is 8.56. The monoisotopic (exact) mass is 368 g/mol. The molecular formula is C16H24N4O4S. The zero-order chi connectivity index (χ0) is 18.0. The molecule has 3 rings (SSSR count). The van der Waals surface area contributed by atoms with E-state index in [-0.39, 0.29) is 16.7 Å². The van der Waals surface area contributed by atoms with Gasteiger partial charge in [0.2, 0.25) is 5.91 Å². The summed E-state index contributed by atoms with van der Waals surface area (Å²) in [6.45, 7) is 5.47. The quantitative estimate of drug-likeness (QED) is 0.756. The summed E-state index contributed by atoms with van der Waals surface area (Å²) in [5.74, 6) is 1.16. The lowest BCUT2D eigenvalue weighted by Gasteiger charge is -2.36. The molecule has 8 nitrogen and oxygen atoms in total. The van der Waals surface area contributed by atoms with E-state index in [0.717, 1.165) is 0 Å². The smallest absolute Gasteiger partial charge is 0.225 e. The van der Waals surface area contributed by atoms with Gasteiger partial charge in [-0.25, -0.2) is 18.4 Å². The van der Waals surface area contributed by atoms with Crippen LogP contribution in [0.15, 0.2) is 11.1 Å². The summed E-state index contributed by atoms with van der Waals surface area (Å²) in [5, 5.41) is 0. The summed E-state index contributed by atoms with van der Waals surface area (Å²) in [6.07, 6.45) is 3.93. The summed E-state index contributed by atoms with van der Waals surface area (Å²) in [7, 11) is -3.40. The zero-order valence-electron chi connectivity index (χ0n) is 14.6. The second kappa shape index (κ2) is 7.25. The van der Waals surface area contributed by atoms with Gasteiger partial charge in [-0.15, -0.1) is 0 Å². The van der Waals surface area contributed by atoms with Crippen LogP contribution in [-0.4, -0.2) is 74.8 Å². The van der Waals surface area contributed by atoms with Crippen molar-refractivity contribution in [3.05, 3.63) is 12.0 Å². The van der Waals surface area contributed by atoms with Crippen molar-refractivity contribution in [3.8, 4) is 0 Å². The van der Waals surface area contributed by atoms with E-state index in [9.17, 15) is 13.2 Å². The predicted octanol–water partition coefficient (Wildman–Crippen LogP) is 0.264. The molecule has 138 valence electrons. The van der Waals surface area contributed by atoms with Gasteiger partial charge in [0, 0.05) is 38.4 Å². The van der Waals surface area contributed by atoms with E-state index in [1.54, 1.807) is 6.92 Å². The highest BCUT2D eigenvalue weighted by Crippen LogP contribution is 2.28. The van der Waals surface area contributed by atoms with Crippen molar-refractivity contribution in [3.63, 3.8) is 0 Å². The predicted molar refractivity (Wildman–Crippen MR) is 92.2 cm³/mol. The van der Waals surface area contributed by atoms with Crippen LogP contribution < -0.4 is 4.90 Å². The molecular weight excluding hydrogens is 344 g/mol. The van der Waals surface area contributed by atoms with E-state index in [2.05, 4.69) is 9.97 Å². The van der Waals surface area contributed by atoms with Crippen molar-refractivity contribution >= 4 is 21.6 Å². The number of ether oxygens (including phenoxy) is 1. The molecule has 2 aliphatic rings. The number of aryl methyl sites for hydroxylation is 1. The zero-order valence-corrected chi connectivity index (χ0v) is 15.5. The number of piperidine rings is 1. The number of carbonyl (C=O) groups is 1. The van der Waals surface area contributed by atoms with Gasteiger partial charge in [0.05, 0.1) is 19.4 Å². The molecule has 0 atom stereocenters. The number of carbonyl (C=O) groups excluding carboxylic acids is 1. The van der Waals surface area contributed by atoms with Crippen LogP contribution in [0, 0.1) is 12.8 Å². The Labute approximate surface area is 148 Å². The highest BCUT2D eigenvalue weighted by molar-refractivity contribution is 7.90. The minimum atomic E-state index is -3.40. The maximum Gasteiger partial charge on any atom is 0.225 e. The number of amides is 1. The molecule has 1 aromatic heterocycles. The number of sulfone groups is 1. The molecule has 2 fully saturated rings. The fourth-order valence-electron chi connectivity index (χ4n) is 3.32. The van der Waals surface area contributed by atoms with E-state index in [1.165, 1.54) is 12.5 Å². The van der Waals surface area contributed by atoms with E-state index in [1.807, 2.05) is 9.80 Å². The van der Waals surface area contributed by atoms with Crippen molar-refractivity contribution in [2.75, 3.05) is 50.5 Å². The lowest BCUT2D eigenvalue weighted by molar-refractivity contribution is -0.140. The Morgan fingerprint density at radius 2 is 1.84 bits per heavy atom. The average molecular weight is 368 g/mol. The third kappa shape index (κ3) is 4.09. The third-order valence-corrected chi connectivity index (χ3v) is 5.81. The maximum absolute atomic E-state index is 12.6. The Bertz CT molecular complexity index is 739. The lowest BCUT2D eigenvalue weighted by atomic mass is 9.95. The largest absolute Gasteiger partial charge is 0.378 e. The Kier molecular flexibility index (Phi) is 5.24. The first-order valence-electron chi connectivity index (χ1n) is 8.51. The number of morpholine rings is 1. The SMILES string of the molecule is Cc1ncc(S(C)(=O)=O)c(N2CCC(C(=O)N3CCOCC3)CC2)n1. The van der Waals surface area contributed by atoms with Crippen LogP contribution in [0.5, 0.6) is 0 Å². The molecule has 0 N–H and O–H groups in total. The number of rotatable bonds is 3. The number of aromatic nitrogens is 2. The Morgan fingerprint density at radius 1 is 1.20 bits per heavy atom. The van der Waals surface area contributed by atoms with Crippen molar-refractivity contribution in [1.82, 2.24) is 14.9 Å². The molecule has 0 bridgehead atoms. The summed E-state index contributed by atoms with van der Waals surface area (Å²) < 4.78 is 29.3. The summed E-state index contributed by atoms with van der Waals surface area (Å²) in [6, 6.07) is 0. The third-order valence-electron chi connectivity index (χ3n) is 4.72. The van der Waals surface area contributed by atoms with Crippen molar-refractivity contribution in [2.24, 2.45) is 5.92 Å². The number of hydrogen-bond donors (Lipinski definition) is 0. The van der Waals surface area contributed by atoms with E-state index < -0.39 is 9.84 Å². The van der Waals surface area contributed by atoms with Crippen LogP contribution in [0.2, 0.25) is 0 Å². The highest BCUT2D eigenvalue weighted by atomic mass is 32.2. The van der Waals surface area contributed by atoms with Gasteiger partial charge in [-0.05, 0) is 19.8 Å². The number of anilines is 1. The molecule has 0 unspecified atom stereocenters. The molecule has 0 saturated carbocycles. The minimum Gasteiger partial charge on any atom is -0.378 e. The first-order valence-corrected chi connectivity index (χ1v) is 10.4. The molecule has 3 heterocycles. The summed E-state index contributed by atoms with van der Waals surface area (Å²) >= 11 is 0. The van der Waals surface area contributed by atoms with Crippen molar-refractivity contribution < 1.29 is 17.9 Å². The minimum absolute atomic E-state index is 0.0148. The van der Waals surface area contributed by atoms with Gasteiger partial charge in [-0.2, -0.15) is 0 Å². The van der Waals surface area contributed by atoms with Gasteiger partial charge >= 0.3 is 0 Å². The van der Waals surface area contributed by atoms with Crippen LogP contribution in [-0.2, 0) is 19.4 Å². The molecule has 0 aromatic carbocycles. The maximum atomic E-state index is 12.6. The van der Waals surface area contributed by atoms with Gasteiger partial charge in [0.25, 0.3) is 0 Å². The highest BCUT2D eigenvalue weighted by Gasteiger charge is 2.31. The standard InChI is InChI=1S/C16H24N4O4S/c1-12-17-11-14(25(2,22)23)15(18-12)19-5-3-13(4-6-19)16(21)20-7-9-24-10-8-20/h11,13H,3-10H2,1-2H3. The van der Waals surface area contributed by atoms with Crippen LogP contribution in [0.1, 0.15) is 18.7 Å². The molecule has 0 radical (unpaired) electrons. The molecule has 1 aromatic rings. The van der Waals surface area contributed by atoms with Crippen molar-refractivity contribution in [1.29, 1.82) is 0 Å². The van der Waals surface area contributed by atoms with Crippen molar-refractivity contribution in [2.45, 2.75) is 24.7 Å². The van der Waals surface area contributed by atoms with Crippen LogP contribution in [0.3, 0.4) is 0 Å². The normalized spacial score (nSPS) is 19.9. The average Bonchev–Trinajstić information content (AvgIpc) is 2.61. The fourth-order valence-corrected chi connectivity index (χ4v) is 4.07. The Balaban J connectivity index is 1.70. The van der Waals surface area contributed by atoms with Gasteiger partial charge in [-0.3, -0.25) is 4.79 Å². The van der Waals surface area contributed by atoms with Gasteiger partial charge < -0.3 is 14.5 Å². The molecule has 25 heavy (non-hydrogen) atoms. The second-order valence-electron chi connectivity index (χ2n) is 6.58. The van der Waals surface area contributed by atoms with E-state index in [0.29, 0.717) is 63.9 Å². The molecule has 9 heteroatoms. The first kappa shape index (κ1) is 18.1. The molecule has 2 aliphatic heterocycles. The summed E-state index contributed by atoms with van der Waals surface area (Å²) in [5.41, 5.74) is 0. The van der Waals surface area contributed by atoms with Gasteiger partial charge in [-0.1, -0.05) is 0 Å². The summed E-state index contributed by atoms with van der Waals surface area (Å²) in [4.78, 5) is 24.9. The Morgan fingerprint density at radius 3 is 2.44 bits per heavy atom. The van der Waals surface area contributed by atoms with Crippen LogP contribution in [0.4, 0.5) is 5.82 Å². The number of nitrogens with zero attached hydrogens (tertiary/aromatic N) is 4. The topological polar surface area (TPSA) is 92.7 Å². The first-order chi connectivity index (χ1) is 11.9.